The summed E-state index contributed by atoms with van der Waals surface area (Å²) < 4.78 is 14.3. The minimum absolute atomic E-state index is 0.0514. The van der Waals surface area contributed by atoms with Crippen LogP contribution in [-0.4, -0.2) is 46.9 Å². The fourth-order valence-electron chi connectivity index (χ4n) is 4.42. The zero-order valence-corrected chi connectivity index (χ0v) is 20.8. The molecule has 2 atom stereocenters. The van der Waals surface area contributed by atoms with Crippen molar-refractivity contribution in [2.75, 3.05) is 6.54 Å². The van der Waals surface area contributed by atoms with Crippen LogP contribution in [0, 0.1) is 5.41 Å². The second-order valence-electron chi connectivity index (χ2n) is 11.6. The molecule has 0 spiro atoms. The van der Waals surface area contributed by atoms with Crippen molar-refractivity contribution < 1.29 is 18.8 Å². The molecular formula is C26H38FN3O3. The summed E-state index contributed by atoms with van der Waals surface area (Å²) in [7, 11) is 0. The number of amides is 3. The molecule has 3 amide bonds. The molecule has 1 aliphatic heterocycles. The number of hydrogen-bond acceptors (Lipinski definition) is 3. The monoisotopic (exact) mass is 459 g/mol. The zero-order chi connectivity index (χ0) is 24.6. The van der Waals surface area contributed by atoms with Crippen molar-refractivity contribution in [2.24, 2.45) is 5.41 Å². The molecule has 1 saturated carbocycles. The van der Waals surface area contributed by atoms with Crippen LogP contribution in [0.1, 0.15) is 78.4 Å². The van der Waals surface area contributed by atoms with Gasteiger partial charge in [0.1, 0.15) is 12.1 Å². The van der Waals surface area contributed by atoms with Crippen molar-refractivity contribution in [1.82, 2.24) is 15.5 Å². The Morgan fingerprint density at radius 1 is 1.12 bits per heavy atom. The number of rotatable bonds is 6. The molecular weight excluding hydrogens is 421 g/mol. The summed E-state index contributed by atoms with van der Waals surface area (Å²) in [6.07, 6.45) is 1.65. The zero-order valence-electron chi connectivity index (χ0n) is 20.8. The third kappa shape index (κ3) is 5.74. The maximum absolute atomic E-state index is 14.3. The van der Waals surface area contributed by atoms with Gasteiger partial charge in [-0.15, -0.1) is 0 Å². The molecule has 1 saturated heterocycles. The van der Waals surface area contributed by atoms with Crippen LogP contribution in [-0.2, 0) is 26.3 Å². The Morgan fingerprint density at radius 2 is 1.76 bits per heavy atom. The number of likely N-dealkylation sites (tertiary alicyclic amines) is 1. The van der Waals surface area contributed by atoms with E-state index in [-0.39, 0.29) is 30.1 Å². The average molecular weight is 460 g/mol. The number of alkyl halides is 1. The van der Waals surface area contributed by atoms with E-state index in [1.54, 1.807) is 4.90 Å². The van der Waals surface area contributed by atoms with E-state index in [1.165, 1.54) is 5.56 Å². The molecule has 0 bridgehead atoms. The van der Waals surface area contributed by atoms with Gasteiger partial charge in [-0.2, -0.15) is 0 Å². The van der Waals surface area contributed by atoms with Gasteiger partial charge in [-0.3, -0.25) is 14.4 Å². The van der Waals surface area contributed by atoms with Gasteiger partial charge in [-0.05, 0) is 47.6 Å². The predicted molar refractivity (Wildman–Crippen MR) is 126 cm³/mol. The summed E-state index contributed by atoms with van der Waals surface area (Å²) in [6.45, 7) is 12.7. The van der Waals surface area contributed by atoms with E-state index in [0.717, 1.165) is 5.56 Å². The number of halogens is 1. The Balaban J connectivity index is 1.71. The van der Waals surface area contributed by atoms with Crippen molar-refractivity contribution >= 4 is 17.7 Å². The molecule has 0 aromatic heterocycles. The van der Waals surface area contributed by atoms with Crippen LogP contribution < -0.4 is 10.6 Å². The van der Waals surface area contributed by atoms with Crippen LogP contribution >= 0.6 is 0 Å². The molecule has 2 aliphatic rings. The lowest BCUT2D eigenvalue weighted by Crippen LogP contribution is -2.58. The first-order valence-electron chi connectivity index (χ1n) is 11.9. The molecule has 182 valence electrons. The summed E-state index contributed by atoms with van der Waals surface area (Å²) in [4.78, 5) is 40.5. The van der Waals surface area contributed by atoms with Crippen LogP contribution in [0.25, 0.3) is 0 Å². The maximum Gasteiger partial charge on any atom is 0.258 e. The number of carbonyl (C=O) groups excluding carboxylic acids is 3. The third-order valence-corrected chi connectivity index (χ3v) is 6.60. The van der Waals surface area contributed by atoms with E-state index in [0.29, 0.717) is 25.9 Å². The minimum atomic E-state index is -1.86. The van der Waals surface area contributed by atoms with E-state index < -0.39 is 29.1 Å². The fraction of sp³-hybridized carbons (Fsp3) is 0.654. The Bertz CT molecular complexity index is 912. The summed E-state index contributed by atoms with van der Waals surface area (Å²) in [5.41, 5.74) is -0.309. The van der Waals surface area contributed by atoms with Gasteiger partial charge in [0.25, 0.3) is 5.91 Å². The molecule has 1 heterocycles. The maximum atomic E-state index is 14.3. The van der Waals surface area contributed by atoms with Crippen LogP contribution in [0.2, 0.25) is 0 Å². The summed E-state index contributed by atoms with van der Waals surface area (Å²) in [5, 5.41) is 5.65. The van der Waals surface area contributed by atoms with Gasteiger partial charge >= 0.3 is 0 Å². The smallest absolute Gasteiger partial charge is 0.258 e. The van der Waals surface area contributed by atoms with E-state index in [2.05, 4.69) is 37.5 Å². The normalized spacial score (nSPS) is 20.8. The van der Waals surface area contributed by atoms with Gasteiger partial charge in [0.15, 0.2) is 5.67 Å². The minimum Gasteiger partial charge on any atom is -0.350 e. The highest BCUT2D eigenvalue weighted by Gasteiger charge is 2.53. The van der Waals surface area contributed by atoms with Gasteiger partial charge in [-0.1, -0.05) is 65.8 Å². The van der Waals surface area contributed by atoms with Gasteiger partial charge < -0.3 is 15.5 Å². The molecule has 2 fully saturated rings. The molecule has 2 unspecified atom stereocenters. The predicted octanol–water partition coefficient (Wildman–Crippen LogP) is 3.62. The number of carbonyl (C=O) groups is 3. The second-order valence-corrected chi connectivity index (χ2v) is 11.6. The van der Waals surface area contributed by atoms with Crippen molar-refractivity contribution in [3.63, 3.8) is 0 Å². The van der Waals surface area contributed by atoms with Crippen molar-refractivity contribution in [3.8, 4) is 0 Å². The van der Waals surface area contributed by atoms with Crippen LogP contribution in [0.3, 0.4) is 0 Å². The largest absolute Gasteiger partial charge is 0.350 e. The van der Waals surface area contributed by atoms with Crippen LogP contribution in [0.15, 0.2) is 24.3 Å². The fourth-order valence-corrected chi connectivity index (χ4v) is 4.42. The Kier molecular flexibility index (Phi) is 6.92. The molecule has 1 aliphatic carbocycles. The van der Waals surface area contributed by atoms with E-state index in [1.807, 2.05) is 39.0 Å². The highest BCUT2D eigenvalue weighted by molar-refractivity contribution is 5.95. The lowest BCUT2D eigenvalue weighted by molar-refractivity contribution is -0.144. The molecule has 1 aromatic rings. The topological polar surface area (TPSA) is 78.5 Å². The first-order chi connectivity index (χ1) is 15.2. The highest BCUT2D eigenvalue weighted by Crippen LogP contribution is 2.40. The number of benzene rings is 1. The average Bonchev–Trinajstić information content (AvgIpc) is 3.29. The Hall–Kier alpha value is -2.44. The van der Waals surface area contributed by atoms with Gasteiger partial charge in [0.2, 0.25) is 11.8 Å². The SMILES string of the molecule is CC(C)(C)c1ccccc1CNC(=O)C1CCCN1C(=O)C(NC(=O)C1(F)CC1)C(C)(C)C. The summed E-state index contributed by atoms with van der Waals surface area (Å²) in [5.74, 6) is -1.25. The molecule has 2 N–H and O–H groups in total. The van der Waals surface area contributed by atoms with Crippen molar-refractivity contribution in [2.45, 2.75) is 96.9 Å². The third-order valence-electron chi connectivity index (χ3n) is 6.60. The number of hydrogen-bond donors (Lipinski definition) is 2. The molecule has 1 aromatic carbocycles. The summed E-state index contributed by atoms with van der Waals surface area (Å²) >= 11 is 0. The Labute approximate surface area is 196 Å². The quantitative estimate of drug-likeness (QED) is 0.682. The van der Waals surface area contributed by atoms with Crippen LogP contribution in [0.5, 0.6) is 0 Å². The van der Waals surface area contributed by atoms with Gasteiger partial charge in [0.05, 0.1) is 0 Å². The molecule has 33 heavy (non-hydrogen) atoms. The number of nitrogens with zero attached hydrogens (tertiary/aromatic N) is 1. The lowest BCUT2D eigenvalue weighted by Gasteiger charge is -2.35. The first-order valence-corrected chi connectivity index (χ1v) is 11.9. The van der Waals surface area contributed by atoms with Gasteiger partial charge in [0, 0.05) is 13.1 Å². The van der Waals surface area contributed by atoms with Crippen LogP contribution in [0.4, 0.5) is 4.39 Å². The molecule has 0 radical (unpaired) electrons. The van der Waals surface area contributed by atoms with Crippen molar-refractivity contribution in [1.29, 1.82) is 0 Å². The first kappa shape index (κ1) is 25.2. The standard InChI is InChI=1S/C26H38FN3O3/c1-24(2,3)18-11-8-7-10-17(18)16-28-21(31)19-12-9-15-30(19)22(32)20(25(4,5)6)29-23(33)26(27)13-14-26/h7-8,10-11,19-20H,9,12-16H2,1-6H3,(H,28,31)(H,29,33). The molecule has 3 rings (SSSR count). The van der Waals surface area contributed by atoms with E-state index in [9.17, 15) is 18.8 Å². The Morgan fingerprint density at radius 3 is 2.33 bits per heavy atom. The summed E-state index contributed by atoms with van der Waals surface area (Å²) in [6, 6.07) is 6.54. The highest BCUT2D eigenvalue weighted by atomic mass is 19.1. The lowest BCUT2D eigenvalue weighted by atomic mass is 9.84. The number of nitrogens with one attached hydrogen (secondary N) is 2. The van der Waals surface area contributed by atoms with E-state index >= 15 is 0 Å². The molecule has 7 heteroatoms. The second kappa shape index (κ2) is 9.07. The van der Waals surface area contributed by atoms with Crippen molar-refractivity contribution in [3.05, 3.63) is 35.4 Å². The van der Waals surface area contributed by atoms with E-state index in [4.69, 9.17) is 0 Å². The molecule has 6 nitrogen and oxygen atoms in total. The van der Waals surface area contributed by atoms with Gasteiger partial charge in [-0.25, -0.2) is 4.39 Å².